The molecule has 0 unspecified atom stereocenters. The number of allylic oxidation sites excluding steroid dienone is 4. The number of benzene rings is 1. The van der Waals surface area contributed by atoms with Gasteiger partial charge in [0, 0.05) is 0 Å². The van der Waals surface area contributed by atoms with Crippen molar-refractivity contribution in [1.82, 2.24) is 0 Å². The van der Waals surface area contributed by atoms with Crippen LogP contribution in [0.4, 0.5) is 0 Å². The van der Waals surface area contributed by atoms with Crippen LogP contribution in [0, 0.1) is 0 Å². The smallest absolute Gasteiger partial charge is 0.258 e. The molecule has 25 heavy (non-hydrogen) atoms. The second kappa shape index (κ2) is 9.81. The average Bonchev–Trinajstić information content (AvgIpc) is 2.53. The maximum absolute atomic E-state index is 6.86. The maximum Gasteiger partial charge on any atom is 0.258 e. The normalized spacial score (nSPS) is 13.2. The highest BCUT2D eigenvalue weighted by atomic mass is 28.4. The summed E-state index contributed by atoms with van der Waals surface area (Å²) >= 11 is 0. The Morgan fingerprint density at radius 2 is 1.36 bits per heavy atom. The fourth-order valence-corrected chi connectivity index (χ4v) is 8.92. The monoisotopic (exact) mass is 356 g/mol. The van der Waals surface area contributed by atoms with Crippen molar-refractivity contribution < 1.29 is 4.43 Å². The molecule has 1 aromatic rings. The first-order chi connectivity index (χ1) is 11.7. The van der Waals surface area contributed by atoms with Gasteiger partial charge in [0.15, 0.2) is 0 Å². The fraction of sp³-hybridized carbons (Fsp3) is 0.478. The van der Waals surface area contributed by atoms with Crippen LogP contribution in [-0.2, 0) is 4.43 Å². The first-order valence-corrected chi connectivity index (χ1v) is 11.6. The predicted octanol–water partition coefficient (Wildman–Crippen LogP) is 7.74. The van der Waals surface area contributed by atoms with E-state index in [0.29, 0.717) is 16.6 Å². The van der Waals surface area contributed by atoms with E-state index in [9.17, 15) is 0 Å². The van der Waals surface area contributed by atoms with Crippen molar-refractivity contribution in [1.29, 1.82) is 0 Å². The topological polar surface area (TPSA) is 9.23 Å². The van der Waals surface area contributed by atoms with Crippen molar-refractivity contribution in [2.24, 2.45) is 0 Å². The van der Waals surface area contributed by atoms with Crippen molar-refractivity contribution in [2.75, 3.05) is 0 Å². The molecule has 1 nitrogen and oxygen atoms in total. The lowest BCUT2D eigenvalue weighted by atomic mass is 10.2. The summed E-state index contributed by atoms with van der Waals surface area (Å²) in [5, 5.41) is 0. The van der Waals surface area contributed by atoms with Crippen LogP contribution in [0.3, 0.4) is 0 Å². The Hall–Kier alpha value is -1.54. The van der Waals surface area contributed by atoms with E-state index < -0.39 is 8.32 Å². The van der Waals surface area contributed by atoms with E-state index in [4.69, 9.17) is 4.43 Å². The number of rotatable bonds is 8. The van der Waals surface area contributed by atoms with E-state index in [1.54, 1.807) is 0 Å². The van der Waals surface area contributed by atoms with Gasteiger partial charge in [-0.15, -0.1) is 0 Å². The van der Waals surface area contributed by atoms with Gasteiger partial charge in [-0.3, -0.25) is 0 Å². The zero-order valence-corrected chi connectivity index (χ0v) is 18.3. The van der Waals surface area contributed by atoms with Crippen LogP contribution in [0.25, 0.3) is 6.08 Å². The van der Waals surface area contributed by atoms with Gasteiger partial charge in [-0.25, -0.2) is 0 Å². The third kappa shape index (κ3) is 6.04. The van der Waals surface area contributed by atoms with Crippen molar-refractivity contribution in [2.45, 2.75) is 72.0 Å². The lowest BCUT2D eigenvalue weighted by molar-refractivity contribution is 0.387. The average molecular weight is 357 g/mol. The summed E-state index contributed by atoms with van der Waals surface area (Å²) in [5.41, 5.74) is 4.16. The minimum absolute atomic E-state index is 0.563. The minimum Gasteiger partial charge on any atom is -0.543 e. The summed E-state index contributed by atoms with van der Waals surface area (Å²) in [5.74, 6) is 0.979. The molecule has 0 aromatic heterocycles. The summed E-state index contributed by atoms with van der Waals surface area (Å²) in [6.45, 7) is 18.2. The second-order valence-electron chi connectivity index (χ2n) is 7.98. The highest BCUT2D eigenvalue weighted by Gasteiger charge is 2.47. The molecule has 0 heterocycles. The minimum atomic E-state index is -1.95. The van der Waals surface area contributed by atoms with Gasteiger partial charge in [0.1, 0.15) is 5.76 Å². The van der Waals surface area contributed by atoms with Crippen LogP contribution in [0.1, 0.15) is 61.0 Å². The van der Waals surface area contributed by atoms with Gasteiger partial charge in [0.2, 0.25) is 0 Å². The van der Waals surface area contributed by atoms with E-state index in [1.807, 2.05) is 6.07 Å². The predicted molar refractivity (Wildman–Crippen MR) is 115 cm³/mol. The molecular formula is C23H36OSi. The molecule has 0 saturated heterocycles. The Bertz CT molecular complexity index is 580. The summed E-state index contributed by atoms with van der Waals surface area (Å²) < 4.78 is 6.86. The molecule has 0 saturated carbocycles. The number of hydrogen-bond acceptors (Lipinski definition) is 1. The zero-order chi connectivity index (χ0) is 19.0. The zero-order valence-electron chi connectivity index (χ0n) is 17.3. The molecule has 0 amide bonds. The first kappa shape index (κ1) is 21.5. The third-order valence-electron chi connectivity index (χ3n) is 4.82. The maximum atomic E-state index is 6.86. The van der Waals surface area contributed by atoms with Gasteiger partial charge < -0.3 is 4.43 Å². The molecule has 0 aliphatic rings. The molecule has 0 bridgehead atoms. The largest absolute Gasteiger partial charge is 0.543 e. The third-order valence-corrected chi connectivity index (χ3v) is 10.8. The van der Waals surface area contributed by atoms with Gasteiger partial charge in [-0.2, -0.15) is 0 Å². The fourth-order valence-electron chi connectivity index (χ4n) is 3.67. The molecule has 2 heteroatoms. The van der Waals surface area contributed by atoms with Crippen LogP contribution >= 0.6 is 0 Å². The van der Waals surface area contributed by atoms with Crippen LogP contribution in [0.5, 0.6) is 0 Å². The van der Waals surface area contributed by atoms with Gasteiger partial charge in [-0.1, -0.05) is 89.6 Å². The highest BCUT2D eigenvalue weighted by molar-refractivity contribution is 6.77. The van der Waals surface area contributed by atoms with Gasteiger partial charge >= 0.3 is 0 Å². The van der Waals surface area contributed by atoms with E-state index >= 15 is 0 Å². The summed E-state index contributed by atoms with van der Waals surface area (Å²) in [6.07, 6.45) is 8.54. The SMILES string of the molecule is CC(C)=C/C=C(\C=C\c1ccccc1)O[Si](C(C)C)(C(C)C)C(C)C. The molecule has 0 spiro atoms. The van der Waals surface area contributed by atoms with Crippen molar-refractivity contribution in [3.05, 3.63) is 65.5 Å². The van der Waals surface area contributed by atoms with E-state index in [-0.39, 0.29) is 0 Å². The second-order valence-corrected chi connectivity index (χ2v) is 13.4. The number of hydrogen-bond donors (Lipinski definition) is 0. The summed E-state index contributed by atoms with van der Waals surface area (Å²) in [7, 11) is -1.95. The van der Waals surface area contributed by atoms with Crippen LogP contribution in [0.15, 0.2) is 59.9 Å². The molecule has 138 valence electrons. The quantitative estimate of drug-likeness (QED) is 0.263. The Balaban J connectivity index is 3.25. The Morgan fingerprint density at radius 3 is 1.80 bits per heavy atom. The van der Waals surface area contributed by atoms with E-state index in [2.05, 4.69) is 104 Å². The van der Waals surface area contributed by atoms with Crippen molar-refractivity contribution in [3.8, 4) is 0 Å². The Kier molecular flexibility index (Phi) is 8.44. The molecule has 0 aliphatic heterocycles. The van der Waals surface area contributed by atoms with Crippen LogP contribution < -0.4 is 0 Å². The molecule has 1 aromatic carbocycles. The molecule has 0 N–H and O–H groups in total. The standard InChI is InChI=1S/C23H36OSi/c1-18(2)14-16-23(17-15-22-12-10-9-11-13-22)24-25(19(3)4,20(5)6)21(7)8/h9-17,19-21H,1-8H3/b17-15+,23-16+. The summed E-state index contributed by atoms with van der Waals surface area (Å²) in [4.78, 5) is 0. The molecule has 0 atom stereocenters. The van der Waals surface area contributed by atoms with E-state index in [1.165, 1.54) is 11.1 Å². The van der Waals surface area contributed by atoms with Gasteiger partial charge in [0.25, 0.3) is 8.32 Å². The molecule has 0 aliphatic carbocycles. The lowest BCUT2D eigenvalue weighted by Crippen LogP contribution is -2.47. The van der Waals surface area contributed by atoms with Gasteiger partial charge in [-0.05, 0) is 48.2 Å². The van der Waals surface area contributed by atoms with Crippen molar-refractivity contribution in [3.63, 3.8) is 0 Å². The Labute approximate surface area is 156 Å². The van der Waals surface area contributed by atoms with Crippen LogP contribution in [-0.4, -0.2) is 8.32 Å². The molecular weight excluding hydrogens is 320 g/mol. The lowest BCUT2D eigenvalue weighted by Gasteiger charge is -2.42. The van der Waals surface area contributed by atoms with Crippen molar-refractivity contribution >= 4 is 14.4 Å². The molecule has 1 rings (SSSR count). The molecule has 0 fully saturated rings. The molecule has 0 radical (unpaired) electrons. The van der Waals surface area contributed by atoms with Crippen LogP contribution in [0.2, 0.25) is 16.6 Å². The summed E-state index contributed by atoms with van der Waals surface area (Å²) in [6, 6.07) is 10.4. The van der Waals surface area contributed by atoms with Gasteiger partial charge in [0.05, 0.1) is 0 Å². The van der Waals surface area contributed by atoms with E-state index in [0.717, 1.165) is 5.76 Å². The highest BCUT2D eigenvalue weighted by Crippen LogP contribution is 2.43. The Morgan fingerprint density at radius 1 is 0.840 bits per heavy atom. The first-order valence-electron chi connectivity index (χ1n) is 9.47.